The second-order valence-corrected chi connectivity index (χ2v) is 8.10. The first kappa shape index (κ1) is 17.2. The summed E-state index contributed by atoms with van der Waals surface area (Å²) in [6, 6.07) is 0. The molecule has 0 aromatic rings. The summed E-state index contributed by atoms with van der Waals surface area (Å²) in [6.07, 6.45) is 15.8. The van der Waals surface area contributed by atoms with Gasteiger partial charge in [-0.1, -0.05) is 40.2 Å². The van der Waals surface area contributed by atoms with Crippen LogP contribution in [0.1, 0.15) is 45.4 Å². The van der Waals surface area contributed by atoms with E-state index in [1.807, 2.05) is 6.92 Å². The average Bonchev–Trinajstić information content (AvgIpc) is 2.91. The molecule has 2 saturated carbocycles. The van der Waals surface area contributed by atoms with E-state index in [-0.39, 0.29) is 11.9 Å². The smallest absolute Gasteiger partial charge is 0.306 e. The highest BCUT2D eigenvalue weighted by molar-refractivity contribution is 9.09. The Morgan fingerprint density at radius 3 is 2.61 bits per heavy atom. The Morgan fingerprint density at radius 1 is 1.13 bits per heavy atom. The van der Waals surface area contributed by atoms with Crippen molar-refractivity contribution in [2.24, 2.45) is 17.8 Å². The van der Waals surface area contributed by atoms with Crippen LogP contribution in [0.15, 0.2) is 24.3 Å². The molecular weight excluding hydrogens is 356 g/mol. The van der Waals surface area contributed by atoms with Crippen molar-refractivity contribution in [3.63, 3.8) is 0 Å². The van der Waals surface area contributed by atoms with E-state index in [0.717, 1.165) is 6.42 Å². The molecule has 2 fully saturated rings. The van der Waals surface area contributed by atoms with E-state index in [1.54, 1.807) is 0 Å². The van der Waals surface area contributed by atoms with Crippen molar-refractivity contribution < 1.29 is 14.3 Å². The molecule has 3 aliphatic rings. The average molecular weight is 383 g/mol. The molecule has 0 spiro atoms. The Hall–Kier alpha value is -0.610. The highest BCUT2D eigenvalue weighted by atomic mass is 79.9. The third-order valence-corrected chi connectivity index (χ3v) is 6.53. The maximum absolute atomic E-state index is 11.9. The summed E-state index contributed by atoms with van der Waals surface area (Å²) in [5.74, 6) is 1.10. The number of hydrogen-bond acceptors (Lipinski definition) is 3. The van der Waals surface area contributed by atoms with Gasteiger partial charge in [0.1, 0.15) is 0 Å². The fourth-order valence-corrected chi connectivity index (χ4v) is 4.82. The number of ether oxygens (including phenoxy) is 2. The van der Waals surface area contributed by atoms with Crippen molar-refractivity contribution in [1.82, 2.24) is 0 Å². The lowest BCUT2D eigenvalue weighted by Crippen LogP contribution is -2.44. The molecule has 0 saturated heterocycles. The molecule has 0 bridgehead atoms. The molecule has 0 radical (unpaired) electrons. The van der Waals surface area contributed by atoms with Crippen molar-refractivity contribution in [3.8, 4) is 0 Å². The minimum absolute atomic E-state index is 0.0874. The number of hydrogen-bond donors (Lipinski definition) is 0. The Labute approximate surface area is 147 Å². The zero-order valence-electron chi connectivity index (χ0n) is 13.8. The molecule has 6 unspecified atom stereocenters. The van der Waals surface area contributed by atoms with Crippen LogP contribution in [0.3, 0.4) is 0 Å². The van der Waals surface area contributed by atoms with Gasteiger partial charge in [-0.2, -0.15) is 0 Å². The quantitative estimate of drug-likeness (QED) is 0.504. The van der Waals surface area contributed by atoms with Crippen LogP contribution in [0, 0.1) is 17.8 Å². The van der Waals surface area contributed by atoms with Gasteiger partial charge in [0.05, 0.1) is 25.2 Å². The molecule has 128 valence electrons. The monoisotopic (exact) mass is 382 g/mol. The molecule has 3 aliphatic carbocycles. The highest BCUT2D eigenvalue weighted by Crippen LogP contribution is 2.44. The number of rotatable bonds is 6. The minimum atomic E-state index is -0.0874. The van der Waals surface area contributed by atoms with Gasteiger partial charge in [0.2, 0.25) is 0 Å². The van der Waals surface area contributed by atoms with Gasteiger partial charge in [0.15, 0.2) is 0 Å². The summed E-state index contributed by atoms with van der Waals surface area (Å²) in [7, 11) is 0. The Bertz CT molecular complexity index is 473. The number of allylic oxidation sites excluding steroid dienone is 4. The first-order valence-corrected chi connectivity index (χ1v) is 9.90. The van der Waals surface area contributed by atoms with Crippen molar-refractivity contribution in [2.75, 3.05) is 6.61 Å². The zero-order chi connectivity index (χ0) is 16.2. The summed E-state index contributed by atoms with van der Waals surface area (Å²) in [5, 5.41) is 0. The second kappa shape index (κ2) is 7.98. The summed E-state index contributed by atoms with van der Waals surface area (Å²) in [5.41, 5.74) is 0. The predicted molar refractivity (Wildman–Crippen MR) is 94.5 cm³/mol. The molecule has 23 heavy (non-hydrogen) atoms. The lowest BCUT2D eigenvalue weighted by Gasteiger charge is -2.44. The van der Waals surface area contributed by atoms with Crippen LogP contribution in [0.4, 0.5) is 0 Å². The van der Waals surface area contributed by atoms with Gasteiger partial charge in [0, 0.05) is 4.83 Å². The molecule has 0 aromatic heterocycles. The number of carbonyl (C=O) groups excluding carboxylic acids is 1. The van der Waals surface area contributed by atoms with Crippen LogP contribution in [0.25, 0.3) is 0 Å². The van der Waals surface area contributed by atoms with Gasteiger partial charge in [0.25, 0.3) is 0 Å². The van der Waals surface area contributed by atoms with Crippen LogP contribution >= 0.6 is 15.9 Å². The van der Waals surface area contributed by atoms with Gasteiger partial charge >= 0.3 is 5.97 Å². The standard InChI is InChI=1S/C19H27BrO3/c1-2-22-19(21)12-13-6-3-4-7-14(13)15-10-11-17(15)23-18-9-5-8-16(18)20/h3-4,6-7,13-18H,2,5,8-12H2,1H3. The lowest BCUT2D eigenvalue weighted by atomic mass is 9.66. The summed E-state index contributed by atoms with van der Waals surface area (Å²) < 4.78 is 11.5. The molecule has 0 heterocycles. The number of esters is 1. The van der Waals surface area contributed by atoms with E-state index < -0.39 is 0 Å². The van der Waals surface area contributed by atoms with Crippen LogP contribution in [-0.2, 0) is 14.3 Å². The van der Waals surface area contributed by atoms with E-state index in [9.17, 15) is 4.79 Å². The summed E-state index contributed by atoms with van der Waals surface area (Å²) >= 11 is 3.75. The first-order valence-electron chi connectivity index (χ1n) is 8.99. The summed E-state index contributed by atoms with van der Waals surface area (Å²) in [6.45, 7) is 2.32. The minimum Gasteiger partial charge on any atom is -0.466 e. The normalized spacial score (nSPS) is 39.2. The van der Waals surface area contributed by atoms with Gasteiger partial charge in [-0.05, 0) is 56.8 Å². The highest BCUT2D eigenvalue weighted by Gasteiger charge is 2.42. The number of alkyl halides is 1. The molecule has 6 atom stereocenters. The first-order chi connectivity index (χ1) is 11.2. The zero-order valence-corrected chi connectivity index (χ0v) is 15.4. The van der Waals surface area contributed by atoms with Crippen LogP contribution in [-0.4, -0.2) is 29.6 Å². The van der Waals surface area contributed by atoms with Gasteiger partial charge in [-0.15, -0.1) is 0 Å². The van der Waals surface area contributed by atoms with E-state index in [1.165, 1.54) is 25.7 Å². The van der Waals surface area contributed by atoms with E-state index in [4.69, 9.17) is 9.47 Å². The molecular formula is C19H27BrO3. The fourth-order valence-electron chi connectivity index (χ4n) is 4.11. The molecule has 3 rings (SSSR count). The van der Waals surface area contributed by atoms with Gasteiger partial charge in [-0.3, -0.25) is 4.79 Å². The second-order valence-electron chi connectivity index (χ2n) is 6.92. The fraction of sp³-hybridized carbons (Fsp3) is 0.737. The van der Waals surface area contributed by atoms with Crippen molar-refractivity contribution in [3.05, 3.63) is 24.3 Å². The largest absolute Gasteiger partial charge is 0.466 e. The Morgan fingerprint density at radius 2 is 1.96 bits per heavy atom. The topological polar surface area (TPSA) is 35.5 Å². The van der Waals surface area contributed by atoms with Crippen LogP contribution in [0.2, 0.25) is 0 Å². The lowest BCUT2D eigenvalue weighted by molar-refractivity contribution is -0.145. The summed E-state index contributed by atoms with van der Waals surface area (Å²) in [4.78, 5) is 12.4. The molecule has 4 heteroatoms. The van der Waals surface area contributed by atoms with Crippen molar-refractivity contribution in [1.29, 1.82) is 0 Å². The third kappa shape index (κ3) is 4.08. The maximum Gasteiger partial charge on any atom is 0.306 e. The van der Waals surface area contributed by atoms with Gasteiger partial charge < -0.3 is 9.47 Å². The van der Waals surface area contributed by atoms with Gasteiger partial charge in [-0.25, -0.2) is 0 Å². The molecule has 0 aromatic carbocycles. The van der Waals surface area contributed by atoms with E-state index in [2.05, 4.69) is 40.2 Å². The number of halogens is 1. The predicted octanol–water partition coefficient (Wildman–Crippen LogP) is 4.41. The van der Waals surface area contributed by atoms with Crippen LogP contribution < -0.4 is 0 Å². The molecule has 0 aliphatic heterocycles. The number of carbonyl (C=O) groups is 1. The third-order valence-electron chi connectivity index (χ3n) is 5.48. The maximum atomic E-state index is 11.9. The van der Waals surface area contributed by atoms with Crippen molar-refractivity contribution >= 4 is 21.9 Å². The Kier molecular flexibility index (Phi) is 5.97. The molecule has 0 N–H and O–H groups in total. The molecule has 0 amide bonds. The SMILES string of the molecule is CCOC(=O)CC1C=CC=CC1C1CCC1OC1CCCC1Br. The van der Waals surface area contributed by atoms with E-state index >= 15 is 0 Å². The Balaban J connectivity index is 1.58. The molecule has 3 nitrogen and oxygen atoms in total. The van der Waals surface area contributed by atoms with E-state index in [0.29, 0.717) is 41.9 Å². The van der Waals surface area contributed by atoms with Crippen molar-refractivity contribution in [2.45, 2.75) is 62.5 Å². The van der Waals surface area contributed by atoms with Crippen LogP contribution in [0.5, 0.6) is 0 Å².